The Balaban J connectivity index is 0.000000586. The van der Waals surface area contributed by atoms with Crippen LogP contribution < -0.4 is 20.3 Å². The first-order valence-corrected chi connectivity index (χ1v) is 16.0. The van der Waals surface area contributed by atoms with Crippen molar-refractivity contribution in [3.63, 3.8) is 0 Å². The van der Waals surface area contributed by atoms with Crippen LogP contribution in [-0.2, 0) is 11.8 Å². The lowest BCUT2D eigenvalue weighted by Crippen LogP contribution is -2.34. The van der Waals surface area contributed by atoms with Crippen LogP contribution in [0.1, 0.15) is 39.0 Å². The Morgan fingerprint density at radius 1 is 1.09 bits per heavy atom. The summed E-state index contributed by atoms with van der Waals surface area (Å²) in [4.78, 5) is 25.9. The fourth-order valence-corrected chi connectivity index (χ4v) is 5.95. The van der Waals surface area contributed by atoms with Gasteiger partial charge in [-0.25, -0.2) is 9.97 Å². The van der Waals surface area contributed by atoms with Crippen LogP contribution in [0.15, 0.2) is 67.5 Å². The first kappa shape index (κ1) is 32.0. The minimum absolute atomic E-state index is 0.301. The first-order chi connectivity index (χ1) is 21.8. The van der Waals surface area contributed by atoms with Crippen molar-refractivity contribution in [3.05, 3.63) is 67.5 Å². The molecule has 0 spiro atoms. The maximum Gasteiger partial charge on any atom is 0.247 e. The molecule has 2 saturated carbocycles. The topological polar surface area (TPSA) is 87.5 Å². The van der Waals surface area contributed by atoms with Gasteiger partial charge >= 0.3 is 0 Å². The molecule has 0 saturated heterocycles. The Bertz CT molecular complexity index is 1610. The van der Waals surface area contributed by atoms with Crippen LogP contribution in [0, 0.1) is 11.8 Å². The third-order valence-corrected chi connectivity index (χ3v) is 8.81. The Morgan fingerprint density at radius 2 is 1.82 bits per heavy atom. The zero-order valence-corrected chi connectivity index (χ0v) is 27.3. The molecule has 0 atom stereocenters. The fraction of sp³-hybridized carbons (Fsp3) is 0.417. The third kappa shape index (κ3) is 7.65. The smallest absolute Gasteiger partial charge is 0.247 e. The first-order valence-electron chi connectivity index (χ1n) is 16.0. The molecule has 4 aromatic rings. The molecule has 2 N–H and O–H groups in total. The van der Waals surface area contributed by atoms with Gasteiger partial charge in [0.25, 0.3) is 0 Å². The zero-order valence-electron chi connectivity index (χ0n) is 27.3. The summed E-state index contributed by atoms with van der Waals surface area (Å²) >= 11 is 0. The molecule has 45 heavy (non-hydrogen) atoms. The van der Waals surface area contributed by atoms with Gasteiger partial charge in [0.15, 0.2) is 0 Å². The second-order valence-corrected chi connectivity index (χ2v) is 12.4. The molecule has 2 aromatic carbocycles. The van der Waals surface area contributed by atoms with Crippen LogP contribution in [-0.4, -0.2) is 66.2 Å². The Morgan fingerprint density at radius 3 is 2.47 bits per heavy atom. The highest BCUT2D eigenvalue weighted by Gasteiger charge is 2.37. The van der Waals surface area contributed by atoms with Gasteiger partial charge in [0.1, 0.15) is 11.4 Å². The van der Waals surface area contributed by atoms with Gasteiger partial charge in [-0.05, 0) is 82.3 Å². The van der Waals surface area contributed by atoms with Crippen LogP contribution in [0.2, 0.25) is 0 Å². The van der Waals surface area contributed by atoms with Crippen LogP contribution >= 0.6 is 0 Å². The minimum Gasteiger partial charge on any atom is -0.491 e. The SMILES string of the molecule is C1CC2CCC12.C=CC(=O)Nc1cc(Nc2nccc(-c3cn(C)c4ccccc34)n2)cc(OCCC)c1N(C)CCN(C)C. The highest BCUT2D eigenvalue weighted by Crippen LogP contribution is 2.49. The van der Waals surface area contributed by atoms with Gasteiger partial charge in [0.05, 0.1) is 18.0 Å². The lowest BCUT2D eigenvalue weighted by Gasteiger charge is -2.46. The minimum atomic E-state index is -0.301. The molecule has 9 heteroatoms. The van der Waals surface area contributed by atoms with E-state index in [1.165, 1.54) is 17.9 Å². The summed E-state index contributed by atoms with van der Waals surface area (Å²) < 4.78 is 8.27. The average Bonchev–Trinajstić information content (AvgIpc) is 3.37. The normalized spacial score (nSPS) is 16.5. The van der Waals surface area contributed by atoms with Crippen molar-refractivity contribution in [2.24, 2.45) is 18.9 Å². The Kier molecular flexibility index (Phi) is 10.4. The van der Waals surface area contributed by atoms with E-state index in [4.69, 9.17) is 9.72 Å². The summed E-state index contributed by atoms with van der Waals surface area (Å²) in [6, 6.07) is 13.9. The van der Waals surface area contributed by atoms with Crippen molar-refractivity contribution in [3.8, 4) is 17.0 Å². The third-order valence-electron chi connectivity index (χ3n) is 8.81. The van der Waals surface area contributed by atoms with Gasteiger partial charge in [-0.3, -0.25) is 4.79 Å². The molecule has 1 amide bonds. The van der Waals surface area contributed by atoms with Crippen molar-refractivity contribution in [2.45, 2.75) is 39.0 Å². The highest BCUT2D eigenvalue weighted by molar-refractivity contribution is 6.02. The van der Waals surface area contributed by atoms with Crippen LogP contribution in [0.5, 0.6) is 5.75 Å². The lowest BCUT2D eigenvalue weighted by molar-refractivity contribution is -0.111. The van der Waals surface area contributed by atoms with Gasteiger partial charge in [-0.15, -0.1) is 0 Å². The maximum absolute atomic E-state index is 12.4. The number of fused-ring (bicyclic) bond motifs is 2. The summed E-state index contributed by atoms with van der Waals surface area (Å²) in [5.41, 5.74) is 5.09. The monoisotopic (exact) mass is 609 g/mol. The molecule has 2 aliphatic rings. The summed E-state index contributed by atoms with van der Waals surface area (Å²) in [6.45, 7) is 7.80. The number of aromatic nitrogens is 3. The molecular weight excluding hydrogens is 562 g/mol. The number of ether oxygens (including phenoxy) is 1. The van der Waals surface area contributed by atoms with Crippen molar-refractivity contribution in [2.75, 3.05) is 56.4 Å². The summed E-state index contributed by atoms with van der Waals surface area (Å²) in [5.74, 6) is 3.23. The van der Waals surface area contributed by atoms with Crippen LogP contribution in [0.3, 0.4) is 0 Å². The second kappa shape index (κ2) is 14.6. The lowest BCUT2D eigenvalue weighted by atomic mass is 9.60. The number of nitrogens with one attached hydrogen (secondary N) is 2. The van der Waals surface area contributed by atoms with Crippen molar-refractivity contribution in [1.82, 2.24) is 19.4 Å². The van der Waals surface area contributed by atoms with Gasteiger partial charge in [0.2, 0.25) is 11.9 Å². The molecular formula is C36H47N7O2. The van der Waals surface area contributed by atoms with E-state index < -0.39 is 0 Å². The number of aryl methyl sites for hydroxylation is 1. The van der Waals surface area contributed by atoms with Crippen LogP contribution in [0.4, 0.5) is 23.0 Å². The second-order valence-electron chi connectivity index (χ2n) is 12.4. The molecule has 2 fully saturated rings. The number of amides is 1. The van der Waals surface area contributed by atoms with Crippen molar-refractivity contribution >= 4 is 39.8 Å². The van der Waals surface area contributed by atoms with E-state index in [1.54, 1.807) is 31.9 Å². The van der Waals surface area contributed by atoms with Gasteiger partial charge < -0.3 is 29.7 Å². The van der Waals surface area contributed by atoms with Gasteiger partial charge in [-0.2, -0.15) is 0 Å². The summed E-state index contributed by atoms with van der Waals surface area (Å²) in [6.07, 6.45) is 12.2. The van der Waals surface area contributed by atoms with E-state index >= 15 is 0 Å². The molecule has 9 nitrogen and oxygen atoms in total. The van der Waals surface area contributed by atoms with E-state index in [0.717, 1.165) is 47.4 Å². The maximum atomic E-state index is 12.4. The molecule has 6 rings (SSSR count). The number of rotatable bonds is 12. The fourth-order valence-electron chi connectivity index (χ4n) is 5.95. The number of carbonyl (C=O) groups excluding carboxylic acids is 1. The van der Waals surface area contributed by atoms with Crippen molar-refractivity contribution in [1.29, 1.82) is 0 Å². The number of benzene rings is 2. The number of carbonyl (C=O) groups is 1. The molecule has 2 aliphatic carbocycles. The predicted octanol–water partition coefficient (Wildman–Crippen LogP) is 7.10. The standard InChI is InChI=1S/C30H37N7O2.C6H10/c1-7-17-39-27-19-21(18-25(33-28(38)8-2)29(27)36(5)16-15-35(3)4)32-30-31-14-13-24(34-30)23-20-37(6)26-12-10-9-11-22(23)26;1-2-6-4-3-5(1)6/h8-14,18-20H,2,7,15-17H2,1,3-6H3,(H,33,38)(H,31,32,34);5-6H,1-4H2. The molecule has 0 radical (unpaired) electrons. The molecule has 2 aromatic heterocycles. The van der Waals surface area contributed by atoms with Gasteiger partial charge in [-0.1, -0.05) is 31.7 Å². The van der Waals surface area contributed by atoms with E-state index in [-0.39, 0.29) is 5.91 Å². The largest absolute Gasteiger partial charge is 0.491 e. The van der Waals surface area contributed by atoms with Crippen LogP contribution in [0.25, 0.3) is 22.2 Å². The number of nitrogens with zero attached hydrogens (tertiary/aromatic N) is 5. The molecule has 0 aliphatic heterocycles. The zero-order chi connectivity index (χ0) is 31.9. The van der Waals surface area contributed by atoms with Gasteiger partial charge in [0, 0.05) is 67.8 Å². The molecule has 0 bridgehead atoms. The van der Waals surface area contributed by atoms with E-state index in [9.17, 15) is 4.79 Å². The summed E-state index contributed by atoms with van der Waals surface area (Å²) in [7, 11) is 8.08. The van der Waals surface area contributed by atoms with Crippen molar-refractivity contribution < 1.29 is 9.53 Å². The average molecular weight is 610 g/mol. The van der Waals surface area contributed by atoms with E-state index in [2.05, 4.69) is 61.8 Å². The molecule has 0 unspecified atom stereocenters. The number of likely N-dealkylation sites (N-methyl/N-ethyl adjacent to an activating group) is 2. The number of hydrogen-bond acceptors (Lipinski definition) is 7. The predicted molar refractivity (Wildman–Crippen MR) is 186 cm³/mol. The molecule has 238 valence electrons. The van der Waals surface area contributed by atoms with E-state index in [0.29, 0.717) is 29.7 Å². The number of hydrogen-bond donors (Lipinski definition) is 2. The number of para-hydroxylation sites is 1. The highest BCUT2D eigenvalue weighted by atomic mass is 16.5. The number of anilines is 4. The van der Waals surface area contributed by atoms with E-state index in [1.807, 2.05) is 58.5 Å². The molecule has 2 heterocycles. The Hall–Kier alpha value is -4.37. The summed E-state index contributed by atoms with van der Waals surface area (Å²) in [5, 5.41) is 7.40. The quantitative estimate of drug-likeness (QED) is 0.166. The Labute approximate surface area is 267 Å².